The molecule has 29 heavy (non-hydrogen) atoms. The van der Waals surface area contributed by atoms with Crippen molar-refractivity contribution in [2.45, 2.75) is 52.4 Å². The summed E-state index contributed by atoms with van der Waals surface area (Å²) in [5, 5.41) is 23.7. The van der Waals surface area contributed by atoms with Gasteiger partial charge < -0.3 is 10.4 Å². The van der Waals surface area contributed by atoms with Gasteiger partial charge in [-0.2, -0.15) is 5.26 Å². The molecule has 0 aliphatic carbocycles. The SMILES string of the molecule is CC(C)c1cc(CC(C#N)C(=S)CNCCc2ccccc2)cc(C(C)C)c1O. The van der Waals surface area contributed by atoms with Gasteiger partial charge in [0, 0.05) is 11.4 Å². The van der Waals surface area contributed by atoms with Crippen LogP contribution in [0.1, 0.15) is 61.8 Å². The van der Waals surface area contributed by atoms with Crippen LogP contribution in [-0.2, 0) is 12.8 Å². The third-order valence-electron chi connectivity index (χ3n) is 5.19. The van der Waals surface area contributed by atoms with Crippen LogP contribution >= 0.6 is 12.2 Å². The van der Waals surface area contributed by atoms with Crippen molar-refractivity contribution < 1.29 is 5.11 Å². The van der Waals surface area contributed by atoms with Gasteiger partial charge in [-0.1, -0.05) is 82.4 Å². The Morgan fingerprint density at radius 3 is 2.14 bits per heavy atom. The minimum atomic E-state index is -0.321. The van der Waals surface area contributed by atoms with E-state index in [0.717, 1.165) is 34.5 Å². The molecule has 1 unspecified atom stereocenters. The number of phenolic OH excluding ortho intramolecular Hbond substituents is 1. The molecule has 0 fully saturated rings. The smallest absolute Gasteiger partial charge is 0.122 e. The van der Waals surface area contributed by atoms with E-state index in [2.05, 4.69) is 51.2 Å². The van der Waals surface area contributed by atoms with Gasteiger partial charge in [-0.05, 0) is 53.5 Å². The lowest BCUT2D eigenvalue weighted by Gasteiger charge is -2.19. The lowest BCUT2D eigenvalue weighted by Crippen LogP contribution is -2.29. The fourth-order valence-electron chi connectivity index (χ4n) is 3.42. The largest absolute Gasteiger partial charge is 0.507 e. The summed E-state index contributed by atoms with van der Waals surface area (Å²) < 4.78 is 0. The minimum absolute atomic E-state index is 0.222. The summed E-state index contributed by atoms with van der Waals surface area (Å²) in [7, 11) is 0. The fraction of sp³-hybridized carbons (Fsp3) is 0.440. The van der Waals surface area contributed by atoms with Gasteiger partial charge in [0.15, 0.2) is 0 Å². The Morgan fingerprint density at radius 1 is 1.03 bits per heavy atom. The Hall–Kier alpha value is -2.22. The molecule has 0 heterocycles. The number of nitrogens with zero attached hydrogens (tertiary/aromatic N) is 1. The predicted molar refractivity (Wildman–Crippen MR) is 125 cm³/mol. The topological polar surface area (TPSA) is 56.0 Å². The number of rotatable bonds is 10. The second kappa shape index (κ2) is 11.1. The lowest BCUT2D eigenvalue weighted by atomic mass is 9.88. The molecule has 0 aliphatic rings. The molecule has 1 atom stereocenters. The fourth-order valence-corrected chi connectivity index (χ4v) is 3.66. The van der Waals surface area contributed by atoms with Crippen LogP contribution in [0.15, 0.2) is 42.5 Å². The van der Waals surface area contributed by atoms with Crippen molar-refractivity contribution in [3.63, 3.8) is 0 Å². The molecule has 2 aromatic carbocycles. The molecule has 2 rings (SSSR count). The van der Waals surface area contributed by atoms with Crippen LogP contribution in [0.5, 0.6) is 5.75 Å². The number of phenols is 1. The highest BCUT2D eigenvalue weighted by atomic mass is 32.1. The lowest BCUT2D eigenvalue weighted by molar-refractivity contribution is 0.454. The molecule has 2 N–H and O–H groups in total. The zero-order valence-electron chi connectivity index (χ0n) is 17.9. The maximum absolute atomic E-state index is 10.6. The Labute approximate surface area is 180 Å². The first-order valence-electron chi connectivity index (χ1n) is 10.4. The molecule has 3 nitrogen and oxygen atoms in total. The molecule has 4 heteroatoms. The van der Waals surface area contributed by atoms with E-state index in [0.29, 0.717) is 18.7 Å². The van der Waals surface area contributed by atoms with Gasteiger partial charge in [-0.25, -0.2) is 0 Å². The van der Waals surface area contributed by atoms with E-state index in [1.807, 2.05) is 30.3 Å². The summed E-state index contributed by atoms with van der Waals surface area (Å²) in [6.07, 6.45) is 1.52. The Morgan fingerprint density at radius 2 is 1.62 bits per heavy atom. The standard InChI is InChI=1S/C25H32N2OS/c1-17(2)22-13-20(14-23(18(3)4)25(22)28)12-21(15-26)24(29)16-27-11-10-19-8-6-5-7-9-19/h5-9,13-14,17-18,21,27-28H,10-12,16H2,1-4H3. The van der Waals surface area contributed by atoms with Gasteiger partial charge in [0.25, 0.3) is 0 Å². The van der Waals surface area contributed by atoms with Crippen molar-refractivity contribution in [2.75, 3.05) is 13.1 Å². The van der Waals surface area contributed by atoms with Crippen molar-refractivity contribution in [1.29, 1.82) is 5.26 Å². The number of nitrogens with one attached hydrogen (secondary N) is 1. The second-order valence-electron chi connectivity index (χ2n) is 8.20. The first kappa shape index (κ1) is 23.1. The molecule has 0 bridgehead atoms. The monoisotopic (exact) mass is 408 g/mol. The maximum atomic E-state index is 10.6. The molecule has 0 amide bonds. The summed E-state index contributed by atoms with van der Waals surface area (Å²) >= 11 is 5.56. The van der Waals surface area contributed by atoms with Gasteiger partial charge in [-0.15, -0.1) is 0 Å². The van der Waals surface area contributed by atoms with Crippen LogP contribution < -0.4 is 5.32 Å². The highest BCUT2D eigenvalue weighted by Gasteiger charge is 2.19. The quantitative estimate of drug-likeness (QED) is 0.401. The number of benzene rings is 2. The Balaban J connectivity index is 2.01. The average Bonchev–Trinajstić information content (AvgIpc) is 2.70. The molecule has 0 aromatic heterocycles. The Bertz CT molecular complexity index is 824. The molecule has 154 valence electrons. The van der Waals surface area contributed by atoms with Crippen molar-refractivity contribution in [3.05, 3.63) is 64.7 Å². The normalized spacial score (nSPS) is 12.2. The minimum Gasteiger partial charge on any atom is -0.507 e. The molecule has 2 aromatic rings. The average molecular weight is 409 g/mol. The van der Waals surface area contributed by atoms with Crippen LogP contribution in [0.2, 0.25) is 0 Å². The van der Waals surface area contributed by atoms with Crippen LogP contribution in [0, 0.1) is 17.2 Å². The van der Waals surface area contributed by atoms with Crippen molar-refractivity contribution >= 4 is 17.1 Å². The van der Waals surface area contributed by atoms with Crippen LogP contribution in [0.25, 0.3) is 0 Å². The predicted octanol–water partition coefficient (Wildman–Crippen LogP) is 5.52. The van der Waals surface area contributed by atoms with E-state index in [1.165, 1.54) is 5.56 Å². The second-order valence-corrected chi connectivity index (χ2v) is 8.72. The van der Waals surface area contributed by atoms with Gasteiger partial charge in [-0.3, -0.25) is 0 Å². The molecule has 0 aliphatic heterocycles. The van der Waals surface area contributed by atoms with E-state index in [4.69, 9.17) is 12.2 Å². The highest BCUT2D eigenvalue weighted by molar-refractivity contribution is 7.80. The summed E-state index contributed by atoms with van der Waals surface area (Å²) in [4.78, 5) is 0.742. The number of aromatic hydroxyl groups is 1. The first-order valence-corrected chi connectivity index (χ1v) is 10.8. The number of thiocarbonyl (C=S) groups is 1. The van der Waals surface area contributed by atoms with Crippen molar-refractivity contribution in [1.82, 2.24) is 5.32 Å². The zero-order valence-corrected chi connectivity index (χ0v) is 18.7. The van der Waals surface area contributed by atoms with E-state index in [1.54, 1.807) is 0 Å². The zero-order chi connectivity index (χ0) is 21.4. The van der Waals surface area contributed by atoms with Gasteiger partial charge in [0.05, 0.1) is 12.0 Å². The first-order chi connectivity index (χ1) is 13.8. The van der Waals surface area contributed by atoms with Gasteiger partial charge in [0.2, 0.25) is 0 Å². The third-order valence-corrected chi connectivity index (χ3v) is 5.62. The van der Waals surface area contributed by atoms with Gasteiger partial charge >= 0.3 is 0 Å². The van der Waals surface area contributed by atoms with Crippen LogP contribution in [-0.4, -0.2) is 23.1 Å². The van der Waals surface area contributed by atoms with Gasteiger partial charge in [0.1, 0.15) is 5.75 Å². The van der Waals surface area contributed by atoms with E-state index in [9.17, 15) is 10.4 Å². The summed E-state index contributed by atoms with van der Waals surface area (Å²) in [5.74, 6) is 0.510. The number of hydrogen-bond acceptors (Lipinski definition) is 4. The van der Waals surface area contributed by atoms with E-state index < -0.39 is 0 Å². The molecule has 0 saturated carbocycles. The summed E-state index contributed by atoms with van der Waals surface area (Å²) in [5.41, 5.74) is 4.23. The Kier molecular flexibility index (Phi) is 8.82. The van der Waals surface area contributed by atoms with Crippen molar-refractivity contribution in [2.24, 2.45) is 5.92 Å². The third kappa shape index (κ3) is 6.66. The molecule has 0 spiro atoms. The van der Waals surface area contributed by atoms with Crippen molar-refractivity contribution in [3.8, 4) is 11.8 Å². The van der Waals surface area contributed by atoms with E-state index >= 15 is 0 Å². The molecular formula is C25H32N2OS. The maximum Gasteiger partial charge on any atom is 0.122 e. The van der Waals surface area contributed by atoms with E-state index in [-0.39, 0.29) is 17.8 Å². The number of hydrogen-bond donors (Lipinski definition) is 2. The summed E-state index contributed by atoms with van der Waals surface area (Å²) in [6.45, 7) is 9.69. The molecular weight excluding hydrogens is 376 g/mol. The molecule has 0 saturated heterocycles. The highest BCUT2D eigenvalue weighted by Crippen LogP contribution is 2.35. The van der Waals surface area contributed by atoms with Crippen LogP contribution in [0.4, 0.5) is 0 Å². The number of nitriles is 1. The molecule has 0 radical (unpaired) electrons. The van der Waals surface area contributed by atoms with Crippen LogP contribution in [0.3, 0.4) is 0 Å². The summed E-state index contributed by atoms with van der Waals surface area (Å²) in [6, 6.07) is 16.8.